The van der Waals surface area contributed by atoms with Gasteiger partial charge in [-0.25, -0.2) is 4.98 Å². The van der Waals surface area contributed by atoms with Gasteiger partial charge in [0, 0.05) is 17.5 Å². The van der Waals surface area contributed by atoms with E-state index < -0.39 is 11.7 Å². The summed E-state index contributed by atoms with van der Waals surface area (Å²) in [4.78, 5) is 4.49. The van der Waals surface area contributed by atoms with E-state index in [0.717, 1.165) is 42.3 Å². The Morgan fingerprint density at radius 1 is 1.06 bits per heavy atom. The van der Waals surface area contributed by atoms with Crippen LogP contribution in [0.2, 0.25) is 0 Å². The minimum atomic E-state index is -4.50. The quantitative estimate of drug-likeness (QED) is 0.335. The second-order valence-corrected chi connectivity index (χ2v) is 7.92. The third-order valence-electron chi connectivity index (χ3n) is 4.64. The maximum atomic E-state index is 13.5. The van der Waals surface area contributed by atoms with Crippen molar-refractivity contribution in [2.75, 3.05) is 19.0 Å². The van der Waals surface area contributed by atoms with Gasteiger partial charge in [0.2, 0.25) is 0 Å². The number of halogens is 3. The van der Waals surface area contributed by atoms with Crippen molar-refractivity contribution < 1.29 is 22.6 Å². The molecule has 3 rings (SSSR count). The molecular formula is C23H25F3N2O2S. The predicted molar refractivity (Wildman–Crippen MR) is 118 cm³/mol. The normalized spacial score (nSPS) is 11.4. The zero-order valence-corrected chi connectivity index (χ0v) is 18.3. The Balaban J connectivity index is 1.69. The van der Waals surface area contributed by atoms with Crippen LogP contribution >= 0.6 is 11.3 Å². The number of aromatic nitrogens is 1. The van der Waals surface area contributed by atoms with Crippen LogP contribution in [0.4, 0.5) is 24.0 Å². The van der Waals surface area contributed by atoms with Crippen LogP contribution in [-0.4, -0.2) is 18.7 Å². The third kappa shape index (κ3) is 6.62. The Hall–Kier alpha value is -2.74. The minimum Gasteiger partial charge on any atom is -0.497 e. The second kappa shape index (κ2) is 10.5. The van der Waals surface area contributed by atoms with E-state index in [9.17, 15) is 13.2 Å². The monoisotopic (exact) mass is 450 g/mol. The van der Waals surface area contributed by atoms with Crippen molar-refractivity contribution in [3.63, 3.8) is 0 Å². The van der Waals surface area contributed by atoms with Gasteiger partial charge in [-0.2, -0.15) is 13.2 Å². The molecule has 0 saturated heterocycles. The van der Waals surface area contributed by atoms with Crippen LogP contribution in [0.3, 0.4) is 0 Å². The number of hydrogen-bond acceptors (Lipinski definition) is 5. The number of rotatable bonds is 10. The molecule has 0 atom stereocenters. The van der Waals surface area contributed by atoms with Crippen LogP contribution in [0.5, 0.6) is 11.5 Å². The first-order valence-electron chi connectivity index (χ1n) is 10.1. The summed E-state index contributed by atoms with van der Waals surface area (Å²) in [5, 5.41) is 5.40. The maximum Gasteiger partial charge on any atom is 0.420 e. The van der Waals surface area contributed by atoms with Crippen molar-refractivity contribution in [2.45, 2.75) is 38.8 Å². The lowest BCUT2D eigenvalue weighted by Gasteiger charge is -2.15. The average molecular weight is 451 g/mol. The van der Waals surface area contributed by atoms with Crippen LogP contribution in [0.25, 0.3) is 0 Å². The molecule has 4 nitrogen and oxygen atoms in total. The van der Waals surface area contributed by atoms with E-state index in [-0.39, 0.29) is 12.4 Å². The predicted octanol–water partition coefficient (Wildman–Crippen LogP) is 7.07. The van der Waals surface area contributed by atoms with Gasteiger partial charge < -0.3 is 14.8 Å². The van der Waals surface area contributed by atoms with E-state index in [1.54, 1.807) is 13.2 Å². The Morgan fingerprint density at radius 3 is 2.52 bits per heavy atom. The van der Waals surface area contributed by atoms with Gasteiger partial charge >= 0.3 is 6.18 Å². The van der Waals surface area contributed by atoms with E-state index in [0.29, 0.717) is 17.2 Å². The summed E-state index contributed by atoms with van der Waals surface area (Å²) in [6.45, 7) is 2.30. The summed E-state index contributed by atoms with van der Waals surface area (Å²) in [5.74, 6) is 0.635. The van der Waals surface area contributed by atoms with Crippen molar-refractivity contribution in [3.05, 3.63) is 64.7 Å². The van der Waals surface area contributed by atoms with Gasteiger partial charge in [-0.1, -0.05) is 31.9 Å². The van der Waals surface area contributed by atoms with Crippen LogP contribution in [-0.2, 0) is 12.6 Å². The molecule has 0 aliphatic rings. The molecule has 0 aliphatic carbocycles. The molecule has 0 fully saturated rings. The fourth-order valence-electron chi connectivity index (χ4n) is 3.01. The highest BCUT2D eigenvalue weighted by atomic mass is 32.1. The number of unbranched alkanes of at least 4 members (excludes halogenated alkanes) is 2. The number of alkyl halides is 3. The average Bonchev–Trinajstić information content (AvgIpc) is 3.18. The molecule has 31 heavy (non-hydrogen) atoms. The first kappa shape index (κ1) is 22.9. The molecule has 0 radical (unpaired) electrons. The number of nitrogens with zero attached hydrogens (tertiary/aromatic N) is 1. The summed E-state index contributed by atoms with van der Waals surface area (Å²) in [6, 6.07) is 11.7. The summed E-state index contributed by atoms with van der Waals surface area (Å²) in [7, 11) is 1.61. The molecule has 166 valence electrons. The van der Waals surface area contributed by atoms with E-state index >= 15 is 0 Å². The molecule has 0 amide bonds. The fraction of sp³-hybridized carbons (Fsp3) is 0.348. The third-order valence-corrected chi connectivity index (χ3v) is 5.44. The van der Waals surface area contributed by atoms with Gasteiger partial charge in [0.05, 0.1) is 25.0 Å². The highest BCUT2D eigenvalue weighted by Gasteiger charge is 2.34. The smallest absolute Gasteiger partial charge is 0.420 e. The van der Waals surface area contributed by atoms with Crippen LogP contribution < -0.4 is 14.8 Å². The van der Waals surface area contributed by atoms with Gasteiger partial charge in [-0.15, -0.1) is 11.3 Å². The van der Waals surface area contributed by atoms with E-state index in [2.05, 4.69) is 10.3 Å². The lowest BCUT2D eigenvalue weighted by Crippen LogP contribution is -2.10. The highest BCUT2D eigenvalue weighted by Crippen LogP contribution is 2.38. The lowest BCUT2D eigenvalue weighted by atomic mass is 10.1. The summed E-state index contributed by atoms with van der Waals surface area (Å²) < 4.78 is 51.1. The van der Waals surface area contributed by atoms with Crippen molar-refractivity contribution in [1.29, 1.82) is 0 Å². The molecule has 2 aromatic carbocycles. The fourth-order valence-corrected chi connectivity index (χ4v) is 3.74. The van der Waals surface area contributed by atoms with Crippen LogP contribution in [0.1, 0.15) is 43.0 Å². The summed E-state index contributed by atoms with van der Waals surface area (Å²) >= 11 is 1.35. The van der Waals surface area contributed by atoms with Gasteiger partial charge in [-0.3, -0.25) is 0 Å². The zero-order valence-electron chi connectivity index (χ0n) is 17.5. The molecule has 0 unspecified atom stereocenters. The Bertz CT molecular complexity index is 972. The van der Waals surface area contributed by atoms with E-state index in [1.165, 1.54) is 17.4 Å². The number of nitrogens with one attached hydrogen (secondary N) is 1. The van der Waals surface area contributed by atoms with E-state index in [1.807, 2.05) is 36.6 Å². The molecule has 1 aromatic heterocycles. The highest BCUT2D eigenvalue weighted by molar-refractivity contribution is 7.13. The maximum absolute atomic E-state index is 13.5. The molecule has 8 heteroatoms. The largest absolute Gasteiger partial charge is 0.497 e. The molecule has 1 heterocycles. The number of methoxy groups -OCH3 is 1. The molecule has 0 saturated carbocycles. The first-order chi connectivity index (χ1) is 14.9. The van der Waals surface area contributed by atoms with Crippen molar-refractivity contribution in [3.8, 4) is 11.5 Å². The molecule has 3 aromatic rings. The van der Waals surface area contributed by atoms with Crippen molar-refractivity contribution in [1.82, 2.24) is 4.98 Å². The van der Waals surface area contributed by atoms with Crippen molar-refractivity contribution in [2.24, 2.45) is 0 Å². The van der Waals surface area contributed by atoms with Gasteiger partial charge in [0.1, 0.15) is 11.5 Å². The topological polar surface area (TPSA) is 43.4 Å². The molecule has 0 spiro atoms. The Kier molecular flexibility index (Phi) is 7.79. The summed E-state index contributed by atoms with van der Waals surface area (Å²) in [5.41, 5.74) is 1.44. The number of thiazole rings is 1. The van der Waals surface area contributed by atoms with Gasteiger partial charge in [0.15, 0.2) is 5.13 Å². The Labute approximate surface area is 184 Å². The first-order valence-corrected chi connectivity index (χ1v) is 11.0. The molecule has 0 bridgehead atoms. The van der Waals surface area contributed by atoms with Gasteiger partial charge in [0.25, 0.3) is 0 Å². The number of hydrogen-bond donors (Lipinski definition) is 1. The van der Waals surface area contributed by atoms with E-state index in [4.69, 9.17) is 9.47 Å². The molecule has 0 aliphatic heterocycles. The number of benzene rings is 2. The molecular weight excluding hydrogens is 425 g/mol. The number of ether oxygens (including phenoxy) is 2. The molecule has 1 N–H and O–H groups in total. The summed E-state index contributed by atoms with van der Waals surface area (Å²) in [6.07, 6.45) is -1.25. The van der Waals surface area contributed by atoms with Gasteiger partial charge in [-0.05, 0) is 42.3 Å². The van der Waals surface area contributed by atoms with Crippen LogP contribution in [0.15, 0.2) is 47.8 Å². The SMILES string of the molecule is CCCCCOc1ccc(Nc2nc(Cc3ccc(OC)cc3)cs2)cc1C(F)(F)F. The second-order valence-electron chi connectivity index (χ2n) is 7.06. The Morgan fingerprint density at radius 2 is 1.84 bits per heavy atom. The van der Waals surface area contributed by atoms with Crippen LogP contribution in [0, 0.1) is 0 Å². The zero-order chi connectivity index (χ0) is 22.3. The standard InChI is InChI=1S/C23H25F3N2O2S/c1-3-4-5-12-30-21-11-8-17(14-20(21)23(24,25)26)27-22-28-18(15-31-22)13-16-6-9-19(29-2)10-7-16/h6-11,14-15H,3-5,12-13H2,1-2H3,(H,27,28). The minimum absolute atomic E-state index is 0.145. The lowest BCUT2D eigenvalue weighted by molar-refractivity contribution is -0.138. The van der Waals surface area contributed by atoms with Crippen molar-refractivity contribution >= 4 is 22.2 Å². The number of anilines is 2.